The minimum atomic E-state index is -0.398. The third kappa shape index (κ3) is 4.50. The summed E-state index contributed by atoms with van der Waals surface area (Å²) in [5.74, 6) is -0.398. The number of fused-ring (bicyclic) bond motifs is 1. The van der Waals surface area contributed by atoms with Gasteiger partial charge in [-0.15, -0.1) is 0 Å². The minimum Gasteiger partial charge on any atom is -0.376 e. The number of nitrogens with one attached hydrogen (secondary N) is 1. The van der Waals surface area contributed by atoms with Crippen molar-refractivity contribution in [2.75, 3.05) is 13.2 Å². The molecular formula is C25H22N4O2. The summed E-state index contributed by atoms with van der Waals surface area (Å²) < 4.78 is 7.57. The van der Waals surface area contributed by atoms with Gasteiger partial charge in [-0.25, -0.2) is 0 Å². The van der Waals surface area contributed by atoms with Crippen LogP contribution in [0.1, 0.15) is 29.5 Å². The Balaban J connectivity index is 1.63. The third-order valence-corrected chi connectivity index (χ3v) is 5.48. The third-order valence-electron chi connectivity index (χ3n) is 5.48. The van der Waals surface area contributed by atoms with Crippen molar-refractivity contribution in [3.8, 4) is 12.1 Å². The first-order valence-electron chi connectivity index (χ1n) is 10.3. The van der Waals surface area contributed by atoms with Gasteiger partial charge in [-0.3, -0.25) is 4.79 Å². The smallest absolute Gasteiger partial charge is 0.262 e. The zero-order valence-electron chi connectivity index (χ0n) is 17.0. The quantitative estimate of drug-likeness (QED) is 0.495. The molecular weight excluding hydrogens is 388 g/mol. The maximum Gasteiger partial charge on any atom is 0.262 e. The molecule has 154 valence electrons. The summed E-state index contributed by atoms with van der Waals surface area (Å²) in [6.07, 6.45) is 5.48. The van der Waals surface area contributed by atoms with Gasteiger partial charge in [-0.05, 0) is 36.6 Å². The lowest BCUT2D eigenvalue weighted by Crippen LogP contribution is -2.32. The van der Waals surface area contributed by atoms with E-state index in [0.717, 1.165) is 41.5 Å². The summed E-state index contributed by atoms with van der Waals surface area (Å²) in [6.45, 7) is 1.64. The molecule has 1 amide bonds. The maximum absolute atomic E-state index is 12.6. The minimum absolute atomic E-state index is 0.0195. The van der Waals surface area contributed by atoms with Crippen LogP contribution in [0, 0.1) is 22.7 Å². The molecule has 1 atom stereocenters. The lowest BCUT2D eigenvalue weighted by Gasteiger charge is -2.10. The summed E-state index contributed by atoms with van der Waals surface area (Å²) in [7, 11) is 0. The number of nitrogens with zero attached hydrogens (tertiary/aromatic N) is 3. The number of rotatable bonds is 6. The zero-order valence-corrected chi connectivity index (χ0v) is 17.0. The van der Waals surface area contributed by atoms with Crippen LogP contribution in [-0.2, 0) is 16.1 Å². The summed E-state index contributed by atoms with van der Waals surface area (Å²) in [5.41, 5.74) is 3.35. The van der Waals surface area contributed by atoms with Crippen LogP contribution < -0.4 is 5.32 Å². The summed E-state index contributed by atoms with van der Waals surface area (Å²) in [4.78, 5) is 12.6. The van der Waals surface area contributed by atoms with Crippen molar-refractivity contribution in [3.05, 3.63) is 77.0 Å². The molecule has 1 aliphatic heterocycles. The van der Waals surface area contributed by atoms with Crippen LogP contribution in [0.15, 0.2) is 60.3 Å². The first kappa shape index (κ1) is 20.4. The highest BCUT2D eigenvalue weighted by Gasteiger charge is 2.18. The second-order valence-corrected chi connectivity index (χ2v) is 7.51. The number of nitriles is 2. The van der Waals surface area contributed by atoms with Gasteiger partial charge in [0, 0.05) is 42.4 Å². The molecule has 0 saturated carbocycles. The fourth-order valence-corrected chi connectivity index (χ4v) is 3.88. The summed E-state index contributed by atoms with van der Waals surface area (Å²) >= 11 is 0. The number of aromatic nitrogens is 1. The van der Waals surface area contributed by atoms with Crippen molar-refractivity contribution in [2.24, 2.45) is 0 Å². The number of hydrogen-bond donors (Lipinski definition) is 1. The van der Waals surface area contributed by atoms with Crippen LogP contribution in [-0.4, -0.2) is 29.7 Å². The van der Waals surface area contributed by atoms with E-state index >= 15 is 0 Å². The highest BCUT2D eigenvalue weighted by molar-refractivity contribution is 6.04. The molecule has 1 aromatic heterocycles. The summed E-state index contributed by atoms with van der Waals surface area (Å²) in [5, 5.41) is 22.7. The Bertz CT molecular complexity index is 1220. The number of carbonyl (C=O) groups excluding carboxylic acids is 1. The Labute approximate surface area is 181 Å². The van der Waals surface area contributed by atoms with Crippen LogP contribution in [0.2, 0.25) is 0 Å². The van der Waals surface area contributed by atoms with Crippen LogP contribution in [0.3, 0.4) is 0 Å². The largest absolute Gasteiger partial charge is 0.376 e. The molecule has 0 radical (unpaired) electrons. The van der Waals surface area contributed by atoms with E-state index in [4.69, 9.17) is 4.74 Å². The predicted molar refractivity (Wildman–Crippen MR) is 118 cm³/mol. The number of ether oxygens (including phenoxy) is 1. The predicted octanol–water partition coefficient (Wildman–Crippen LogP) is 3.76. The maximum atomic E-state index is 12.6. The Kier molecular flexibility index (Phi) is 6.12. The Morgan fingerprint density at radius 2 is 2.00 bits per heavy atom. The van der Waals surface area contributed by atoms with Crippen LogP contribution in [0.25, 0.3) is 17.0 Å². The van der Waals surface area contributed by atoms with Crippen molar-refractivity contribution in [1.82, 2.24) is 9.88 Å². The Morgan fingerprint density at radius 3 is 2.77 bits per heavy atom. The van der Waals surface area contributed by atoms with Crippen LogP contribution in [0.5, 0.6) is 0 Å². The molecule has 1 fully saturated rings. The molecule has 0 aliphatic carbocycles. The standard InChI is InChI=1S/C25H22N4O2/c26-13-18-6-1-2-7-19(18)16-29-17-21(23-9-3-4-10-24(23)29)12-20(14-27)25(30)28-15-22-8-5-11-31-22/h1-4,6-7,9-10,12,17,22H,5,8,11,15-16H2,(H,28,30)/b20-12+/t22-/m1/s1. The van der Waals surface area contributed by atoms with Gasteiger partial charge in [0.2, 0.25) is 0 Å². The van der Waals surface area contributed by atoms with E-state index in [9.17, 15) is 15.3 Å². The van der Waals surface area contributed by atoms with Crippen molar-refractivity contribution in [1.29, 1.82) is 10.5 Å². The van der Waals surface area contributed by atoms with E-state index in [1.54, 1.807) is 12.1 Å². The molecule has 4 rings (SSSR count). The fourth-order valence-electron chi connectivity index (χ4n) is 3.88. The molecule has 2 heterocycles. The normalized spacial score (nSPS) is 16.1. The van der Waals surface area contributed by atoms with E-state index in [1.807, 2.05) is 59.3 Å². The average molecular weight is 410 g/mol. The van der Waals surface area contributed by atoms with Crippen molar-refractivity contribution < 1.29 is 9.53 Å². The molecule has 31 heavy (non-hydrogen) atoms. The molecule has 0 bridgehead atoms. The van der Waals surface area contributed by atoms with Gasteiger partial charge >= 0.3 is 0 Å². The Hall–Kier alpha value is -3.87. The van der Waals surface area contributed by atoms with E-state index in [2.05, 4.69) is 11.4 Å². The molecule has 0 unspecified atom stereocenters. The highest BCUT2D eigenvalue weighted by Crippen LogP contribution is 2.25. The molecule has 6 nitrogen and oxygen atoms in total. The first-order valence-corrected chi connectivity index (χ1v) is 10.3. The first-order chi connectivity index (χ1) is 15.2. The zero-order chi connectivity index (χ0) is 21.6. The van der Waals surface area contributed by atoms with Crippen LogP contribution in [0.4, 0.5) is 0 Å². The average Bonchev–Trinajstić information content (AvgIpc) is 3.45. The number of amides is 1. The number of hydrogen-bond acceptors (Lipinski definition) is 4. The van der Waals surface area contributed by atoms with Gasteiger partial charge in [0.15, 0.2) is 0 Å². The topological polar surface area (TPSA) is 90.8 Å². The molecule has 6 heteroatoms. The molecule has 0 spiro atoms. The van der Waals surface area contributed by atoms with Crippen molar-refractivity contribution in [2.45, 2.75) is 25.5 Å². The van der Waals surface area contributed by atoms with Gasteiger partial charge in [0.1, 0.15) is 11.6 Å². The molecule has 2 aromatic carbocycles. The van der Waals surface area contributed by atoms with Crippen molar-refractivity contribution >= 4 is 22.9 Å². The van der Waals surface area contributed by atoms with E-state index in [-0.39, 0.29) is 11.7 Å². The molecule has 1 aliphatic rings. The van der Waals surface area contributed by atoms with Crippen molar-refractivity contribution in [3.63, 3.8) is 0 Å². The van der Waals surface area contributed by atoms with E-state index in [0.29, 0.717) is 18.7 Å². The van der Waals surface area contributed by atoms with Gasteiger partial charge in [-0.1, -0.05) is 36.4 Å². The molecule has 1 saturated heterocycles. The second-order valence-electron chi connectivity index (χ2n) is 7.51. The number of benzene rings is 2. The fraction of sp³-hybridized carbons (Fsp3) is 0.240. The lowest BCUT2D eigenvalue weighted by atomic mass is 10.1. The van der Waals surface area contributed by atoms with Gasteiger partial charge < -0.3 is 14.6 Å². The second kappa shape index (κ2) is 9.30. The number of carbonyl (C=O) groups is 1. The highest BCUT2D eigenvalue weighted by atomic mass is 16.5. The van der Waals surface area contributed by atoms with E-state index < -0.39 is 5.91 Å². The monoisotopic (exact) mass is 410 g/mol. The summed E-state index contributed by atoms with van der Waals surface area (Å²) in [6, 6.07) is 19.6. The molecule has 3 aromatic rings. The SMILES string of the molecule is N#C/C(=C\c1cn(Cc2ccccc2C#N)c2ccccc12)C(=O)NC[C@H]1CCCO1. The number of para-hydroxylation sites is 1. The van der Waals surface area contributed by atoms with E-state index in [1.165, 1.54) is 0 Å². The Morgan fingerprint density at radius 1 is 1.19 bits per heavy atom. The van der Waals surface area contributed by atoms with Gasteiger partial charge in [-0.2, -0.15) is 10.5 Å². The van der Waals surface area contributed by atoms with Crippen LogP contribution >= 0.6 is 0 Å². The lowest BCUT2D eigenvalue weighted by molar-refractivity contribution is -0.117. The molecule has 1 N–H and O–H groups in total. The van der Waals surface area contributed by atoms with Gasteiger partial charge in [0.05, 0.1) is 17.7 Å². The van der Waals surface area contributed by atoms with Gasteiger partial charge in [0.25, 0.3) is 5.91 Å².